The first-order valence-electron chi connectivity index (χ1n) is 11.0. The fourth-order valence-electron chi connectivity index (χ4n) is 3.53. The van der Waals surface area contributed by atoms with Gasteiger partial charge >= 0.3 is 0 Å². The smallest absolute Gasteiger partial charge is 0.273 e. The van der Waals surface area contributed by atoms with Gasteiger partial charge in [-0.25, -0.2) is 4.98 Å². The summed E-state index contributed by atoms with van der Waals surface area (Å²) in [6, 6.07) is 18.0. The first-order chi connectivity index (χ1) is 16.9. The van der Waals surface area contributed by atoms with Crippen molar-refractivity contribution in [3.8, 4) is 39.6 Å². The number of aromatic nitrogens is 1. The zero-order valence-electron chi connectivity index (χ0n) is 18.8. The molecule has 0 spiro atoms. The number of hydrogen-bond acceptors (Lipinski definition) is 6. The molecule has 0 atom stereocenters. The Balaban J connectivity index is 1.66. The van der Waals surface area contributed by atoms with Crippen molar-refractivity contribution in [3.63, 3.8) is 0 Å². The van der Waals surface area contributed by atoms with Crippen molar-refractivity contribution >= 4 is 29.1 Å². The summed E-state index contributed by atoms with van der Waals surface area (Å²) in [5, 5.41) is 24.5. The minimum atomic E-state index is -0.563. The van der Waals surface area contributed by atoms with Crippen LogP contribution in [0.4, 0.5) is 11.6 Å². The van der Waals surface area contributed by atoms with E-state index in [4.69, 9.17) is 16.0 Å². The number of non-ortho nitro benzene ring substituents is 1. The normalized spacial score (nSPS) is 10.8. The third-order valence-corrected chi connectivity index (χ3v) is 5.64. The van der Waals surface area contributed by atoms with E-state index in [2.05, 4.69) is 10.3 Å². The summed E-state index contributed by atoms with van der Waals surface area (Å²) in [4.78, 5) is 27.3. The topological polar surface area (TPSA) is 118 Å². The molecule has 4 rings (SSSR count). The van der Waals surface area contributed by atoms with Crippen LogP contribution in [0.2, 0.25) is 5.02 Å². The quantitative estimate of drug-likeness (QED) is 0.201. The number of amides is 1. The number of nitrogens with one attached hydrogen (secondary N) is 1. The molecule has 3 aromatic carbocycles. The van der Waals surface area contributed by atoms with Crippen LogP contribution in [-0.2, 0) is 4.79 Å². The van der Waals surface area contributed by atoms with E-state index in [0.29, 0.717) is 39.7 Å². The number of nitrogens with zero attached hydrogens (tertiary/aromatic N) is 2. The van der Waals surface area contributed by atoms with Crippen molar-refractivity contribution < 1.29 is 19.2 Å². The molecule has 0 aliphatic carbocycles. The highest BCUT2D eigenvalue weighted by Gasteiger charge is 2.19. The highest BCUT2D eigenvalue weighted by Crippen LogP contribution is 2.36. The standard InChI is InChI=1S/C26H22ClN3O5/c1-2-3-4-23(32)28-26-24(17-9-11-19(27)12-10-17)29-25(35-26)18-7-5-16(6-8-18)21-14-13-20(30(33)34)15-22(21)31/h5-15,31H,2-4H2,1H3,(H,28,32). The Bertz CT molecular complexity index is 1370. The van der Waals surface area contributed by atoms with Crippen LogP contribution >= 0.6 is 11.6 Å². The molecule has 1 amide bonds. The van der Waals surface area contributed by atoms with E-state index in [1.165, 1.54) is 12.1 Å². The van der Waals surface area contributed by atoms with Gasteiger partial charge in [-0.2, -0.15) is 0 Å². The van der Waals surface area contributed by atoms with Gasteiger partial charge < -0.3 is 9.52 Å². The van der Waals surface area contributed by atoms with Crippen molar-refractivity contribution in [1.82, 2.24) is 4.98 Å². The number of carbonyl (C=O) groups excluding carboxylic acids is 1. The molecule has 8 nitrogen and oxygen atoms in total. The number of hydrogen-bond donors (Lipinski definition) is 2. The summed E-state index contributed by atoms with van der Waals surface area (Å²) in [5.41, 5.74) is 2.81. The minimum absolute atomic E-state index is 0.159. The van der Waals surface area contributed by atoms with Gasteiger partial charge in [-0.3, -0.25) is 20.2 Å². The van der Waals surface area contributed by atoms with Crippen LogP contribution in [0, 0.1) is 10.1 Å². The van der Waals surface area contributed by atoms with Crippen LogP contribution in [0.15, 0.2) is 71.1 Å². The third kappa shape index (κ3) is 5.50. The monoisotopic (exact) mass is 491 g/mol. The number of anilines is 1. The van der Waals surface area contributed by atoms with Crippen LogP contribution in [0.3, 0.4) is 0 Å². The molecule has 4 aromatic rings. The van der Waals surface area contributed by atoms with Gasteiger partial charge in [0.05, 0.1) is 11.0 Å². The van der Waals surface area contributed by atoms with Crippen molar-refractivity contribution in [1.29, 1.82) is 0 Å². The Kier molecular flexibility index (Phi) is 7.12. The van der Waals surface area contributed by atoms with E-state index >= 15 is 0 Å². The number of nitro benzene ring substituents is 1. The molecular formula is C26H22ClN3O5. The first kappa shape index (κ1) is 24.0. The molecular weight excluding hydrogens is 470 g/mol. The summed E-state index contributed by atoms with van der Waals surface area (Å²) < 4.78 is 5.95. The number of unbranched alkanes of at least 4 members (excludes halogenated alkanes) is 1. The van der Waals surface area contributed by atoms with Gasteiger partial charge in [0.2, 0.25) is 17.7 Å². The van der Waals surface area contributed by atoms with Gasteiger partial charge in [-0.1, -0.05) is 49.2 Å². The Hall–Kier alpha value is -4.17. The van der Waals surface area contributed by atoms with Crippen molar-refractivity contribution in [2.24, 2.45) is 0 Å². The van der Waals surface area contributed by atoms with Gasteiger partial charge in [-0.05, 0) is 42.3 Å². The molecule has 178 valence electrons. The molecule has 0 bridgehead atoms. The van der Waals surface area contributed by atoms with E-state index in [-0.39, 0.29) is 23.2 Å². The molecule has 2 N–H and O–H groups in total. The lowest BCUT2D eigenvalue weighted by atomic mass is 10.0. The lowest BCUT2D eigenvalue weighted by Gasteiger charge is -2.05. The molecule has 0 radical (unpaired) electrons. The predicted molar refractivity (Wildman–Crippen MR) is 134 cm³/mol. The summed E-state index contributed by atoms with van der Waals surface area (Å²) in [6.07, 6.45) is 2.04. The number of phenols is 1. The molecule has 0 saturated carbocycles. The third-order valence-electron chi connectivity index (χ3n) is 5.39. The zero-order chi connectivity index (χ0) is 24.9. The number of halogens is 1. The maximum absolute atomic E-state index is 12.4. The Morgan fingerprint density at radius 2 is 1.71 bits per heavy atom. The van der Waals surface area contributed by atoms with E-state index in [1.807, 2.05) is 6.92 Å². The number of carbonyl (C=O) groups is 1. The van der Waals surface area contributed by atoms with Crippen molar-refractivity contribution in [2.45, 2.75) is 26.2 Å². The summed E-state index contributed by atoms with van der Waals surface area (Å²) in [7, 11) is 0. The van der Waals surface area contributed by atoms with Gasteiger partial charge in [0, 0.05) is 34.2 Å². The summed E-state index contributed by atoms with van der Waals surface area (Å²) in [5.74, 6) is 0.208. The highest BCUT2D eigenvalue weighted by atomic mass is 35.5. The molecule has 9 heteroatoms. The van der Waals surface area contributed by atoms with E-state index in [1.54, 1.807) is 48.5 Å². The fraction of sp³-hybridized carbons (Fsp3) is 0.154. The van der Waals surface area contributed by atoms with Gasteiger partial charge in [0.15, 0.2) is 0 Å². The van der Waals surface area contributed by atoms with Crippen LogP contribution in [-0.4, -0.2) is 20.9 Å². The number of aromatic hydroxyl groups is 1. The number of nitro groups is 1. The Morgan fingerprint density at radius 3 is 2.34 bits per heavy atom. The largest absolute Gasteiger partial charge is 0.507 e. The lowest BCUT2D eigenvalue weighted by molar-refractivity contribution is -0.384. The first-order valence-corrected chi connectivity index (χ1v) is 11.4. The van der Waals surface area contributed by atoms with Crippen LogP contribution < -0.4 is 5.32 Å². The molecule has 35 heavy (non-hydrogen) atoms. The van der Waals surface area contributed by atoms with Gasteiger partial charge in [-0.15, -0.1) is 0 Å². The van der Waals surface area contributed by atoms with Crippen LogP contribution in [0.1, 0.15) is 26.2 Å². The second kappa shape index (κ2) is 10.4. The lowest BCUT2D eigenvalue weighted by Crippen LogP contribution is -2.11. The number of oxazole rings is 1. The second-order valence-electron chi connectivity index (χ2n) is 7.89. The van der Waals surface area contributed by atoms with E-state index in [0.717, 1.165) is 24.5 Å². The molecule has 0 saturated heterocycles. The molecule has 0 aliphatic rings. The average Bonchev–Trinajstić information content (AvgIpc) is 3.26. The summed E-state index contributed by atoms with van der Waals surface area (Å²) in [6.45, 7) is 2.01. The second-order valence-corrected chi connectivity index (χ2v) is 8.33. The summed E-state index contributed by atoms with van der Waals surface area (Å²) >= 11 is 6.02. The van der Waals surface area contributed by atoms with Crippen molar-refractivity contribution in [3.05, 3.63) is 81.9 Å². The van der Waals surface area contributed by atoms with Crippen LogP contribution in [0.5, 0.6) is 5.75 Å². The number of phenolic OH excluding ortho intramolecular Hbond substituents is 1. The molecule has 0 aliphatic heterocycles. The van der Waals surface area contributed by atoms with E-state index in [9.17, 15) is 20.0 Å². The number of rotatable bonds is 8. The highest BCUT2D eigenvalue weighted by molar-refractivity contribution is 6.30. The SMILES string of the molecule is CCCCC(=O)Nc1oc(-c2ccc(-c3ccc([N+](=O)[O-])cc3O)cc2)nc1-c1ccc(Cl)cc1. The zero-order valence-corrected chi connectivity index (χ0v) is 19.6. The van der Waals surface area contributed by atoms with Gasteiger partial charge in [0.1, 0.15) is 11.4 Å². The Morgan fingerprint density at radius 1 is 1.06 bits per heavy atom. The van der Waals surface area contributed by atoms with E-state index < -0.39 is 4.92 Å². The van der Waals surface area contributed by atoms with Crippen LogP contribution in [0.25, 0.3) is 33.8 Å². The molecule has 1 aromatic heterocycles. The minimum Gasteiger partial charge on any atom is -0.507 e. The molecule has 0 fully saturated rings. The average molecular weight is 492 g/mol. The molecule has 0 unspecified atom stereocenters. The number of benzene rings is 3. The predicted octanol–water partition coefficient (Wildman–Crippen LogP) is 7.07. The molecule has 1 heterocycles. The fourth-order valence-corrected chi connectivity index (χ4v) is 3.65. The Labute approximate surface area is 206 Å². The maximum atomic E-state index is 12.4. The van der Waals surface area contributed by atoms with Gasteiger partial charge in [0.25, 0.3) is 5.69 Å². The maximum Gasteiger partial charge on any atom is 0.273 e. The van der Waals surface area contributed by atoms with Crippen molar-refractivity contribution in [2.75, 3.05) is 5.32 Å².